The van der Waals surface area contributed by atoms with Crippen molar-refractivity contribution in [1.29, 1.82) is 0 Å². The Labute approximate surface area is 99.8 Å². The van der Waals surface area contributed by atoms with E-state index in [9.17, 15) is 0 Å². The Balaban J connectivity index is 1.75. The second-order valence-corrected chi connectivity index (χ2v) is 4.57. The van der Waals surface area contributed by atoms with Crippen LogP contribution in [0.1, 0.15) is 12.3 Å². The molecular formula is C13H16N2O2. The normalized spacial score (nSPS) is 22.1. The second kappa shape index (κ2) is 4.47. The molecule has 4 nitrogen and oxygen atoms in total. The molecule has 2 atom stereocenters. The van der Waals surface area contributed by atoms with E-state index >= 15 is 0 Å². The van der Waals surface area contributed by atoms with Gasteiger partial charge in [0.25, 0.3) is 0 Å². The number of nitrogens with two attached hydrogens (primary N) is 1. The van der Waals surface area contributed by atoms with Gasteiger partial charge in [-0.1, -0.05) is 12.1 Å². The zero-order valence-electron chi connectivity index (χ0n) is 9.63. The van der Waals surface area contributed by atoms with E-state index in [4.69, 9.17) is 14.9 Å². The van der Waals surface area contributed by atoms with E-state index in [1.807, 2.05) is 24.3 Å². The summed E-state index contributed by atoms with van der Waals surface area (Å²) < 4.78 is 11.0. The Morgan fingerprint density at radius 2 is 2.29 bits per heavy atom. The van der Waals surface area contributed by atoms with E-state index in [2.05, 4.69) is 4.98 Å². The van der Waals surface area contributed by atoms with Gasteiger partial charge < -0.3 is 14.9 Å². The SMILES string of the molecule is NC(Cc1nc2ccccc2o1)C1CCOC1. The third kappa shape index (κ3) is 2.18. The molecule has 1 aliphatic heterocycles. The molecule has 2 heterocycles. The standard InChI is InChI=1S/C13H16N2O2/c14-10(9-5-6-16-8-9)7-13-15-11-3-1-2-4-12(11)17-13/h1-4,9-10H,5-8,14H2. The van der Waals surface area contributed by atoms with E-state index in [1.54, 1.807) is 0 Å². The summed E-state index contributed by atoms with van der Waals surface area (Å²) >= 11 is 0. The fourth-order valence-electron chi connectivity index (χ4n) is 2.27. The van der Waals surface area contributed by atoms with Gasteiger partial charge in [0.15, 0.2) is 11.5 Å². The van der Waals surface area contributed by atoms with Crippen LogP contribution in [0.5, 0.6) is 0 Å². The van der Waals surface area contributed by atoms with Crippen LogP contribution in [0.15, 0.2) is 28.7 Å². The summed E-state index contributed by atoms with van der Waals surface area (Å²) in [6.45, 7) is 1.59. The Kier molecular flexibility index (Phi) is 2.82. The molecule has 0 bridgehead atoms. The molecular weight excluding hydrogens is 216 g/mol. The highest BCUT2D eigenvalue weighted by atomic mass is 16.5. The number of hydrogen-bond donors (Lipinski definition) is 1. The Morgan fingerprint density at radius 3 is 3.06 bits per heavy atom. The van der Waals surface area contributed by atoms with Gasteiger partial charge in [0.1, 0.15) is 5.52 Å². The summed E-state index contributed by atoms with van der Waals surface area (Å²) in [6.07, 6.45) is 1.73. The maximum Gasteiger partial charge on any atom is 0.197 e. The Bertz CT molecular complexity index is 470. The second-order valence-electron chi connectivity index (χ2n) is 4.57. The number of benzene rings is 1. The number of hydrogen-bond acceptors (Lipinski definition) is 4. The predicted molar refractivity (Wildman–Crippen MR) is 64.6 cm³/mol. The minimum Gasteiger partial charge on any atom is -0.441 e. The van der Waals surface area contributed by atoms with Crippen molar-refractivity contribution in [2.45, 2.75) is 18.9 Å². The number of oxazole rings is 1. The maximum atomic E-state index is 6.15. The first-order chi connectivity index (χ1) is 8.33. The molecule has 1 aliphatic rings. The van der Waals surface area contributed by atoms with Gasteiger partial charge in [-0.3, -0.25) is 0 Å². The molecule has 0 amide bonds. The van der Waals surface area contributed by atoms with Gasteiger partial charge >= 0.3 is 0 Å². The fraction of sp³-hybridized carbons (Fsp3) is 0.462. The lowest BCUT2D eigenvalue weighted by Gasteiger charge is -2.15. The van der Waals surface area contributed by atoms with Crippen molar-refractivity contribution in [3.05, 3.63) is 30.2 Å². The maximum absolute atomic E-state index is 6.15. The lowest BCUT2D eigenvalue weighted by atomic mass is 9.97. The first-order valence-electron chi connectivity index (χ1n) is 6.01. The van der Waals surface area contributed by atoms with Gasteiger partial charge in [0.2, 0.25) is 0 Å². The van der Waals surface area contributed by atoms with E-state index in [-0.39, 0.29) is 6.04 Å². The van der Waals surface area contributed by atoms with Gasteiger partial charge in [-0.15, -0.1) is 0 Å². The smallest absolute Gasteiger partial charge is 0.197 e. The van der Waals surface area contributed by atoms with Gasteiger partial charge in [-0.05, 0) is 18.6 Å². The van der Waals surface area contributed by atoms with Crippen LogP contribution in [-0.2, 0) is 11.2 Å². The lowest BCUT2D eigenvalue weighted by molar-refractivity contribution is 0.180. The molecule has 1 aromatic carbocycles. The van der Waals surface area contributed by atoms with Gasteiger partial charge in [0, 0.05) is 25.0 Å². The van der Waals surface area contributed by atoms with Crippen LogP contribution < -0.4 is 5.73 Å². The summed E-state index contributed by atoms with van der Waals surface area (Å²) in [5, 5.41) is 0. The monoisotopic (exact) mass is 232 g/mol. The zero-order valence-corrected chi connectivity index (χ0v) is 9.63. The third-order valence-corrected chi connectivity index (χ3v) is 3.32. The summed E-state index contributed by atoms with van der Waals surface area (Å²) in [4.78, 5) is 4.44. The van der Waals surface area contributed by atoms with Crippen LogP contribution in [0.25, 0.3) is 11.1 Å². The van der Waals surface area contributed by atoms with E-state index < -0.39 is 0 Å². The Hall–Kier alpha value is -1.39. The number of para-hydroxylation sites is 2. The number of fused-ring (bicyclic) bond motifs is 1. The van der Waals surface area contributed by atoms with Crippen LogP contribution in [0.4, 0.5) is 0 Å². The molecule has 1 aromatic heterocycles. The molecule has 0 radical (unpaired) electrons. The highest BCUT2D eigenvalue weighted by molar-refractivity contribution is 5.72. The molecule has 17 heavy (non-hydrogen) atoms. The highest BCUT2D eigenvalue weighted by Crippen LogP contribution is 2.20. The number of ether oxygens (including phenoxy) is 1. The minimum absolute atomic E-state index is 0.0746. The van der Waals surface area contributed by atoms with Crippen LogP contribution in [0, 0.1) is 5.92 Å². The number of rotatable bonds is 3. The zero-order chi connectivity index (χ0) is 11.7. The highest BCUT2D eigenvalue weighted by Gasteiger charge is 2.24. The average molecular weight is 232 g/mol. The van der Waals surface area contributed by atoms with Gasteiger partial charge in [0.05, 0.1) is 6.61 Å². The van der Waals surface area contributed by atoms with Crippen molar-refractivity contribution < 1.29 is 9.15 Å². The first-order valence-corrected chi connectivity index (χ1v) is 6.01. The van der Waals surface area contributed by atoms with Gasteiger partial charge in [-0.25, -0.2) is 4.98 Å². The van der Waals surface area contributed by atoms with Crippen molar-refractivity contribution in [3.8, 4) is 0 Å². The quantitative estimate of drug-likeness (QED) is 0.875. The molecule has 90 valence electrons. The number of nitrogens with zero attached hydrogens (tertiary/aromatic N) is 1. The molecule has 2 N–H and O–H groups in total. The summed E-state index contributed by atoms with van der Waals surface area (Å²) in [6, 6.07) is 7.86. The van der Waals surface area contributed by atoms with Gasteiger partial charge in [-0.2, -0.15) is 0 Å². The van der Waals surface area contributed by atoms with Crippen molar-refractivity contribution in [2.24, 2.45) is 11.7 Å². The topological polar surface area (TPSA) is 61.3 Å². The largest absolute Gasteiger partial charge is 0.441 e. The van der Waals surface area contributed by atoms with Crippen molar-refractivity contribution >= 4 is 11.1 Å². The summed E-state index contributed by atoms with van der Waals surface area (Å²) in [5.41, 5.74) is 7.88. The molecule has 0 saturated carbocycles. The minimum atomic E-state index is 0.0746. The molecule has 1 fully saturated rings. The molecule has 3 rings (SSSR count). The van der Waals surface area contributed by atoms with E-state index in [1.165, 1.54) is 0 Å². The lowest BCUT2D eigenvalue weighted by Crippen LogP contribution is -2.32. The molecule has 0 spiro atoms. The third-order valence-electron chi connectivity index (χ3n) is 3.32. The molecule has 4 heteroatoms. The first kappa shape index (κ1) is 10.7. The van der Waals surface area contributed by atoms with Crippen LogP contribution in [-0.4, -0.2) is 24.2 Å². The number of aromatic nitrogens is 1. The molecule has 1 saturated heterocycles. The van der Waals surface area contributed by atoms with Crippen molar-refractivity contribution in [3.63, 3.8) is 0 Å². The predicted octanol–water partition coefficient (Wildman–Crippen LogP) is 1.73. The molecule has 0 aliphatic carbocycles. The van der Waals surface area contributed by atoms with E-state index in [0.29, 0.717) is 12.3 Å². The average Bonchev–Trinajstić information content (AvgIpc) is 2.97. The fourth-order valence-corrected chi connectivity index (χ4v) is 2.27. The molecule has 2 unspecified atom stereocenters. The van der Waals surface area contributed by atoms with Crippen molar-refractivity contribution in [1.82, 2.24) is 4.98 Å². The van der Waals surface area contributed by atoms with Crippen molar-refractivity contribution in [2.75, 3.05) is 13.2 Å². The van der Waals surface area contributed by atoms with E-state index in [0.717, 1.165) is 36.6 Å². The molecule has 2 aromatic rings. The summed E-state index contributed by atoms with van der Waals surface area (Å²) in [5.74, 6) is 1.16. The summed E-state index contributed by atoms with van der Waals surface area (Å²) in [7, 11) is 0. The van der Waals surface area contributed by atoms with Crippen LogP contribution >= 0.6 is 0 Å². The Morgan fingerprint density at radius 1 is 1.41 bits per heavy atom. The van der Waals surface area contributed by atoms with Crippen LogP contribution in [0.3, 0.4) is 0 Å². The van der Waals surface area contributed by atoms with Crippen LogP contribution in [0.2, 0.25) is 0 Å².